The predicted octanol–water partition coefficient (Wildman–Crippen LogP) is 3.08. The normalized spacial score (nSPS) is 11.9. The molecule has 1 rings (SSSR count). The highest BCUT2D eigenvalue weighted by Gasteiger charge is 2.33. The van der Waals surface area contributed by atoms with Crippen LogP contribution in [0, 0.1) is 0 Å². The largest absolute Gasteiger partial charge is 0.466 e. The minimum absolute atomic E-state index is 0.111. The Morgan fingerprint density at radius 3 is 2.05 bits per heavy atom. The molecule has 0 saturated carbocycles. The maximum atomic E-state index is 13.0. The van der Waals surface area contributed by atoms with Crippen molar-refractivity contribution in [3.8, 4) is 0 Å². The molecule has 0 heterocycles. The van der Waals surface area contributed by atoms with Gasteiger partial charge in [0.15, 0.2) is 0 Å². The van der Waals surface area contributed by atoms with E-state index in [1.54, 1.807) is 0 Å². The van der Waals surface area contributed by atoms with Gasteiger partial charge in [-0.25, -0.2) is 9.59 Å². The molecule has 7 heteroatoms. The molecule has 0 unspecified atom stereocenters. The first-order chi connectivity index (χ1) is 10.3. The molecule has 0 radical (unpaired) electrons. The number of carbonyl (C=O) groups excluding carboxylic acids is 2. The molecule has 1 aromatic rings. The fraction of sp³-hybridized carbons (Fsp3) is 0.200. The van der Waals surface area contributed by atoms with E-state index in [0.29, 0.717) is 0 Å². The Morgan fingerprint density at radius 2 is 1.55 bits per heavy atom. The predicted molar refractivity (Wildman–Crippen MR) is 73.5 cm³/mol. The fourth-order valence-corrected chi connectivity index (χ4v) is 1.61. The first-order valence-electron chi connectivity index (χ1n) is 6.02. The monoisotopic (exact) mass is 314 g/mol. The molecule has 118 valence electrons. The Labute approximate surface area is 124 Å². The van der Waals surface area contributed by atoms with Gasteiger partial charge in [-0.2, -0.15) is 13.2 Å². The van der Waals surface area contributed by atoms with Crippen molar-refractivity contribution in [3.63, 3.8) is 0 Å². The zero-order chi connectivity index (χ0) is 16.8. The lowest BCUT2D eigenvalue weighted by Crippen LogP contribution is -2.08. The van der Waals surface area contributed by atoms with Crippen molar-refractivity contribution >= 4 is 24.1 Å². The van der Waals surface area contributed by atoms with Gasteiger partial charge >= 0.3 is 18.1 Å². The molecular weight excluding hydrogens is 301 g/mol. The van der Waals surface area contributed by atoms with Gasteiger partial charge in [0.05, 0.1) is 19.8 Å². The van der Waals surface area contributed by atoms with Crippen LogP contribution in [0.5, 0.6) is 0 Å². The zero-order valence-corrected chi connectivity index (χ0v) is 11.8. The van der Waals surface area contributed by atoms with Crippen LogP contribution in [0.4, 0.5) is 13.2 Å². The third kappa shape index (κ3) is 4.76. The molecule has 22 heavy (non-hydrogen) atoms. The van der Waals surface area contributed by atoms with Crippen molar-refractivity contribution in [2.45, 2.75) is 6.18 Å². The second kappa shape index (κ2) is 7.44. The minimum atomic E-state index is -4.61. The van der Waals surface area contributed by atoms with Gasteiger partial charge in [-0.3, -0.25) is 0 Å². The first kappa shape index (κ1) is 17.5. The van der Waals surface area contributed by atoms with Crippen LogP contribution in [0.3, 0.4) is 0 Å². The van der Waals surface area contributed by atoms with Crippen LogP contribution in [0.15, 0.2) is 30.4 Å². The molecule has 0 N–H and O–H groups in total. The van der Waals surface area contributed by atoms with E-state index >= 15 is 0 Å². The molecule has 0 bridgehead atoms. The highest BCUT2D eigenvalue weighted by molar-refractivity contribution is 5.90. The number of rotatable bonds is 4. The molecule has 0 spiro atoms. The quantitative estimate of drug-likeness (QED) is 0.633. The van der Waals surface area contributed by atoms with E-state index in [2.05, 4.69) is 9.47 Å². The van der Waals surface area contributed by atoms with Crippen molar-refractivity contribution in [2.24, 2.45) is 0 Å². The van der Waals surface area contributed by atoms with Crippen LogP contribution < -0.4 is 0 Å². The molecule has 0 amide bonds. The number of benzene rings is 1. The second-order valence-corrected chi connectivity index (χ2v) is 4.02. The second-order valence-electron chi connectivity index (χ2n) is 4.02. The molecule has 0 atom stereocenters. The van der Waals surface area contributed by atoms with E-state index in [1.165, 1.54) is 18.2 Å². The Kier molecular flexibility index (Phi) is 5.91. The van der Waals surface area contributed by atoms with Crippen molar-refractivity contribution in [3.05, 3.63) is 47.0 Å². The molecular formula is C15H13F3O4. The maximum Gasteiger partial charge on any atom is 0.417 e. The summed E-state index contributed by atoms with van der Waals surface area (Å²) in [5.41, 5.74) is -1.07. The Balaban J connectivity index is 3.37. The van der Waals surface area contributed by atoms with E-state index in [4.69, 9.17) is 0 Å². The smallest absolute Gasteiger partial charge is 0.417 e. The van der Waals surface area contributed by atoms with Crippen LogP contribution in [0.1, 0.15) is 16.7 Å². The van der Waals surface area contributed by atoms with Gasteiger partial charge in [-0.05, 0) is 29.3 Å². The van der Waals surface area contributed by atoms with Gasteiger partial charge in [0.25, 0.3) is 0 Å². The summed E-state index contributed by atoms with van der Waals surface area (Å²) in [7, 11) is 2.26. The summed E-state index contributed by atoms with van der Waals surface area (Å²) in [6, 6.07) is 3.47. The van der Waals surface area contributed by atoms with Crippen LogP contribution in [-0.2, 0) is 25.2 Å². The highest BCUT2D eigenvalue weighted by Crippen LogP contribution is 2.34. The molecule has 0 aliphatic rings. The zero-order valence-electron chi connectivity index (χ0n) is 11.8. The summed E-state index contributed by atoms with van der Waals surface area (Å²) in [6.45, 7) is 0. The van der Waals surface area contributed by atoms with Crippen molar-refractivity contribution < 1.29 is 32.2 Å². The summed E-state index contributed by atoms with van der Waals surface area (Å²) in [6.07, 6.45) is -0.570. The summed E-state index contributed by atoms with van der Waals surface area (Å²) < 4.78 is 47.8. The van der Waals surface area contributed by atoms with Gasteiger partial charge < -0.3 is 9.47 Å². The lowest BCUT2D eigenvalue weighted by atomic mass is 9.99. The molecule has 4 nitrogen and oxygen atoms in total. The number of ether oxygens (including phenoxy) is 2. The molecule has 0 aromatic heterocycles. The fourth-order valence-electron chi connectivity index (χ4n) is 1.61. The molecule has 1 aromatic carbocycles. The number of hydrogen-bond donors (Lipinski definition) is 0. The van der Waals surface area contributed by atoms with Crippen LogP contribution >= 0.6 is 0 Å². The highest BCUT2D eigenvalue weighted by atomic mass is 19.4. The van der Waals surface area contributed by atoms with Gasteiger partial charge in [0, 0.05) is 12.2 Å². The molecule has 0 aliphatic heterocycles. The van der Waals surface area contributed by atoms with E-state index in [0.717, 1.165) is 38.5 Å². The summed E-state index contributed by atoms with van der Waals surface area (Å²) >= 11 is 0. The van der Waals surface area contributed by atoms with Crippen LogP contribution in [-0.4, -0.2) is 26.2 Å². The summed E-state index contributed by atoms with van der Waals surface area (Å²) in [4.78, 5) is 22.2. The Morgan fingerprint density at radius 1 is 1.00 bits per heavy atom. The average molecular weight is 314 g/mol. The standard InChI is InChI=1S/C15H13F3O4/c1-21-13(19)8-6-10-4-3-5-12(15(16,17)18)11(10)7-9-14(20)22-2/h3-9H,1-2H3. The van der Waals surface area contributed by atoms with E-state index in [9.17, 15) is 22.8 Å². The molecule has 0 fully saturated rings. The Bertz CT molecular complexity index is 616. The minimum Gasteiger partial charge on any atom is -0.466 e. The third-order valence-electron chi connectivity index (χ3n) is 2.63. The van der Waals surface area contributed by atoms with Crippen molar-refractivity contribution in [1.29, 1.82) is 0 Å². The van der Waals surface area contributed by atoms with Gasteiger partial charge in [-0.1, -0.05) is 12.1 Å². The van der Waals surface area contributed by atoms with Crippen LogP contribution in [0.2, 0.25) is 0 Å². The third-order valence-corrected chi connectivity index (χ3v) is 2.63. The number of halogens is 3. The van der Waals surface area contributed by atoms with E-state index < -0.39 is 23.7 Å². The maximum absolute atomic E-state index is 13.0. The van der Waals surface area contributed by atoms with Crippen LogP contribution in [0.25, 0.3) is 12.2 Å². The molecule has 0 saturated heterocycles. The topological polar surface area (TPSA) is 52.6 Å². The lowest BCUT2D eigenvalue weighted by molar-refractivity contribution is -0.138. The van der Waals surface area contributed by atoms with E-state index in [1.807, 2.05) is 0 Å². The summed E-state index contributed by atoms with van der Waals surface area (Å²) in [5, 5.41) is 0. The summed E-state index contributed by atoms with van der Waals surface area (Å²) in [5.74, 6) is -1.50. The number of esters is 2. The molecule has 0 aliphatic carbocycles. The van der Waals surface area contributed by atoms with Gasteiger partial charge in [0.1, 0.15) is 0 Å². The average Bonchev–Trinajstić information content (AvgIpc) is 2.49. The first-order valence-corrected chi connectivity index (χ1v) is 6.02. The number of methoxy groups -OCH3 is 2. The SMILES string of the molecule is COC(=O)C=Cc1cccc(C(F)(F)F)c1C=CC(=O)OC. The van der Waals surface area contributed by atoms with Gasteiger partial charge in [0.2, 0.25) is 0 Å². The van der Waals surface area contributed by atoms with Gasteiger partial charge in [-0.15, -0.1) is 0 Å². The van der Waals surface area contributed by atoms with Crippen molar-refractivity contribution in [2.75, 3.05) is 14.2 Å². The number of alkyl halides is 3. The number of carbonyl (C=O) groups is 2. The lowest BCUT2D eigenvalue weighted by Gasteiger charge is -2.12. The van der Waals surface area contributed by atoms with E-state index in [-0.39, 0.29) is 11.1 Å². The Hall–Kier alpha value is -2.57. The van der Waals surface area contributed by atoms with Crippen molar-refractivity contribution in [1.82, 2.24) is 0 Å². The number of hydrogen-bond acceptors (Lipinski definition) is 4.